The normalized spacial score (nSPS) is 16.0. The lowest BCUT2D eigenvalue weighted by atomic mass is 10.1. The first-order valence-electron chi connectivity index (χ1n) is 7.26. The van der Waals surface area contributed by atoms with E-state index in [1.54, 1.807) is 0 Å². The van der Waals surface area contributed by atoms with Crippen molar-refractivity contribution < 1.29 is 4.74 Å². The highest BCUT2D eigenvalue weighted by Crippen LogP contribution is 2.21. The summed E-state index contributed by atoms with van der Waals surface area (Å²) in [6, 6.07) is 10.2. The van der Waals surface area contributed by atoms with Crippen LogP contribution in [-0.4, -0.2) is 36.3 Å². The SMILES string of the molecule is CC(N)c1ccc(-c2ccnc(N3CCOCC3)n2)cc1.Cl. The molecule has 1 fully saturated rings. The molecular weight excluding hydrogens is 300 g/mol. The fourth-order valence-electron chi connectivity index (χ4n) is 2.38. The minimum absolute atomic E-state index is 0. The molecule has 1 aliphatic rings. The molecule has 0 bridgehead atoms. The van der Waals surface area contributed by atoms with Gasteiger partial charge in [0.2, 0.25) is 5.95 Å². The molecule has 0 spiro atoms. The van der Waals surface area contributed by atoms with Gasteiger partial charge in [-0.2, -0.15) is 0 Å². The van der Waals surface area contributed by atoms with Crippen molar-refractivity contribution in [2.45, 2.75) is 13.0 Å². The largest absolute Gasteiger partial charge is 0.378 e. The number of nitrogens with zero attached hydrogens (tertiary/aromatic N) is 3. The van der Waals surface area contributed by atoms with Crippen molar-refractivity contribution in [3.05, 3.63) is 42.1 Å². The number of anilines is 1. The molecule has 5 nitrogen and oxygen atoms in total. The Bertz CT molecular complexity index is 597. The minimum atomic E-state index is 0. The van der Waals surface area contributed by atoms with Crippen LogP contribution in [0.1, 0.15) is 18.5 Å². The third-order valence-corrected chi connectivity index (χ3v) is 3.67. The van der Waals surface area contributed by atoms with Crippen molar-refractivity contribution >= 4 is 18.4 Å². The highest BCUT2D eigenvalue weighted by Gasteiger charge is 2.14. The van der Waals surface area contributed by atoms with Crippen molar-refractivity contribution in [2.24, 2.45) is 5.73 Å². The van der Waals surface area contributed by atoms with Crippen molar-refractivity contribution in [3.63, 3.8) is 0 Å². The van der Waals surface area contributed by atoms with Gasteiger partial charge < -0.3 is 15.4 Å². The maximum atomic E-state index is 5.88. The summed E-state index contributed by atoms with van der Waals surface area (Å²) in [5.41, 5.74) is 9.02. The van der Waals surface area contributed by atoms with Gasteiger partial charge in [0, 0.05) is 30.9 Å². The van der Waals surface area contributed by atoms with E-state index in [4.69, 9.17) is 10.5 Å². The van der Waals surface area contributed by atoms with E-state index in [0.29, 0.717) is 0 Å². The van der Waals surface area contributed by atoms with Gasteiger partial charge in [-0.15, -0.1) is 12.4 Å². The molecular formula is C16H21ClN4O. The summed E-state index contributed by atoms with van der Waals surface area (Å²) in [4.78, 5) is 11.2. The average Bonchev–Trinajstić information content (AvgIpc) is 2.56. The number of ether oxygens (including phenoxy) is 1. The van der Waals surface area contributed by atoms with Gasteiger partial charge >= 0.3 is 0 Å². The Labute approximate surface area is 136 Å². The number of rotatable bonds is 3. The van der Waals surface area contributed by atoms with Crippen LogP contribution < -0.4 is 10.6 Å². The summed E-state index contributed by atoms with van der Waals surface area (Å²) < 4.78 is 5.36. The van der Waals surface area contributed by atoms with Gasteiger partial charge in [-0.1, -0.05) is 24.3 Å². The van der Waals surface area contributed by atoms with Crippen LogP contribution >= 0.6 is 12.4 Å². The Morgan fingerprint density at radius 1 is 1.14 bits per heavy atom. The molecule has 0 amide bonds. The smallest absolute Gasteiger partial charge is 0.226 e. The fraction of sp³-hybridized carbons (Fsp3) is 0.375. The molecule has 3 rings (SSSR count). The maximum absolute atomic E-state index is 5.88. The van der Waals surface area contributed by atoms with Crippen LogP contribution in [0.2, 0.25) is 0 Å². The summed E-state index contributed by atoms with van der Waals surface area (Å²) in [5, 5.41) is 0. The zero-order chi connectivity index (χ0) is 14.7. The van der Waals surface area contributed by atoms with Crippen molar-refractivity contribution in [3.8, 4) is 11.3 Å². The highest BCUT2D eigenvalue weighted by molar-refractivity contribution is 5.85. The van der Waals surface area contributed by atoms with E-state index >= 15 is 0 Å². The molecule has 1 aliphatic heterocycles. The van der Waals surface area contributed by atoms with Gasteiger partial charge in [0.15, 0.2) is 0 Å². The summed E-state index contributed by atoms with van der Waals surface area (Å²) in [6.07, 6.45) is 1.81. The van der Waals surface area contributed by atoms with Crippen molar-refractivity contribution in [1.82, 2.24) is 9.97 Å². The Morgan fingerprint density at radius 2 is 1.82 bits per heavy atom. The zero-order valence-corrected chi connectivity index (χ0v) is 13.4. The van der Waals surface area contributed by atoms with Gasteiger partial charge in [-0.25, -0.2) is 9.97 Å². The molecule has 2 N–H and O–H groups in total. The van der Waals surface area contributed by atoms with Crippen LogP contribution in [0.25, 0.3) is 11.3 Å². The van der Waals surface area contributed by atoms with E-state index in [1.165, 1.54) is 0 Å². The van der Waals surface area contributed by atoms with Crippen LogP contribution in [0.15, 0.2) is 36.5 Å². The standard InChI is InChI=1S/C16H20N4O.ClH/c1-12(17)13-2-4-14(5-3-13)15-6-7-18-16(19-15)20-8-10-21-11-9-20;/h2-7,12H,8-11,17H2,1H3;1H. The number of hydrogen-bond acceptors (Lipinski definition) is 5. The molecule has 0 aliphatic carbocycles. The number of benzene rings is 1. The van der Waals surface area contributed by atoms with Crippen LogP contribution in [0, 0.1) is 0 Å². The molecule has 22 heavy (non-hydrogen) atoms. The predicted octanol–water partition coefficient (Wildman–Crippen LogP) is 2.42. The second-order valence-corrected chi connectivity index (χ2v) is 5.25. The quantitative estimate of drug-likeness (QED) is 0.941. The third kappa shape index (κ3) is 3.74. The first-order chi connectivity index (χ1) is 10.2. The van der Waals surface area contributed by atoms with E-state index in [0.717, 1.165) is 49.1 Å². The Hall–Kier alpha value is -1.69. The van der Waals surface area contributed by atoms with Crippen LogP contribution in [0.3, 0.4) is 0 Å². The number of hydrogen-bond donors (Lipinski definition) is 1. The molecule has 1 aromatic carbocycles. The van der Waals surface area contributed by atoms with E-state index < -0.39 is 0 Å². The molecule has 1 unspecified atom stereocenters. The molecule has 2 heterocycles. The zero-order valence-electron chi connectivity index (χ0n) is 12.6. The van der Waals surface area contributed by atoms with E-state index in [2.05, 4.69) is 39.1 Å². The van der Waals surface area contributed by atoms with Gasteiger partial charge in [0.25, 0.3) is 0 Å². The van der Waals surface area contributed by atoms with E-state index in [-0.39, 0.29) is 18.4 Å². The number of nitrogens with two attached hydrogens (primary N) is 1. The topological polar surface area (TPSA) is 64.3 Å². The molecule has 118 valence electrons. The molecule has 0 saturated carbocycles. The second kappa shape index (κ2) is 7.54. The lowest BCUT2D eigenvalue weighted by Crippen LogP contribution is -2.37. The lowest BCUT2D eigenvalue weighted by Gasteiger charge is -2.26. The molecule has 2 aromatic rings. The van der Waals surface area contributed by atoms with Crippen LogP contribution in [0.4, 0.5) is 5.95 Å². The van der Waals surface area contributed by atoms with Crippen molar-refractivity contribution in [1.29, 1.82) is 0 Å². The monoisotopic (exact) mass is 320 g/mol. The minimum Gasteiger partial charge on any atom is -0.378 e. The average molecular weight is 321 g/mol. The molecule has 0 radical (unpaired) electrons. The molecule has 1 atom stereocenters. The summed E-state index contributed by atoms with van der Waals surface area (Å²) in [7, 11) is 0. The Kier molecular flexibility index (Phi) is 5.71. The third-order valence-electron chi connectivity index (χ3n) is 3.67. The number of aromatic nitrogens is 2. The summed E-state index contributed by atoms with van der Waals surface area (Å²) in [6.45, 7) is 5.13. The van der Waals surface area contributed by atoms with Crippen molar-refractivity contribution in [2.75, 3.05) is 31.2 Å². The highest BCUT2D eigenvalue weighted by atomic mass is 35.5. The molecule has 1 aromatic heterocycles. The first kappa shape index (κ1) is 16.7. The molecule has 1 saturated heterocycles. The first-order valence-corrected chi connectivity index (χ1v) is 7.26. The van der Waals surface area contributed by atoms with Crippen LogP contribution in [-0.2, 0) is 4.74 Å². The fourth-order valence-corrected chi connectivity index (χ4v) is 2.38. The lowest BCUT2D eigenvalue weighted by molar-refractivity contribution is 0.122. The predicted molar refractivity (Wildman–Crippen MR) is 90.4 cm³/mol. The van der Waals surface area contributed by atoms with Gasteiger partial charge in [0.1, 0.15) is 0 Å². The summed E-state index contributed by atoms with van der Waals surface area (Å²) >= 11 is 0. The van der Waals surface area contributed by atoms with Crippen LogP contribution in [0.5, 0.6) is 0 Å². The van der Waals surface area contributed by atoms with E-state index in [1.807, 2.05) is 19.2 Å². The van der Waals surface area contributed by atoms with Gasteiger partial charge in [-0.05, 0) is 18.6 Å². The van der Waals surface area contributed by atoms with Gasteiger partial charge in [-0.3, -0.25) is 0 Å². The Morgan fingerprint density at radius 3 is 2.45 bits per heavy atom. The number of morpholine rings is 1. The number of halogens is 1. The molecule has 6 heteroatoms. The summed E-state index contributed by atoms with van der Waals surface area (Å²) in [5.74, 6) is 0.770. The van der Waals surface area contributed by atoms with Gasteiger partial charge in [0.05, 0.1) is 18.9 Å². The van der Waals surface area contributed by atoms with E-state index in [9.17, 15) is 0 Å². The maximum Gasteiger partial charge on any atom is 0.226 e. The Balaban J connectivity index is 0.00000176. The second-order valence-electron chi connectivity index (χ2n) is 5.25.